The quantitative estimate of drug-likeness (QED) is 0.749. The number of hydrogen-bond donors (Lipinski definition) is 1. The van der Waals surface area contributed by atoms with Crippen LogP contribution in [0, 0.1) is 0 Å². The fourth-order valence-electron chi connectivity index (χ4n) is 1.37. The molecule has 1 N–H and O–H groups in total. The minimum atomic E-state index is -0.0326. The molecular formula is C11H13N3O2. The molecule has 0 fully saturated rings. The number of nitrogens with one attached hydrogen (secondary N) is 1. The van der Waals surface area contributed by atoms with E-state index in [0.717, 1.165) is 5.76 Å². The van der Waals surface area contributed by atoms with Crippen LogP contribution in [-0.4, -0.2) is 16.1 Å². The van der Waals surface area contributed by atoms with Crippen molar-refractivity contribution in [1.82, 2.24) is 14.9 Å². The number of nitrogens with zero attached hydrogens (tertiary/aromatic N) is 2. The second-order valence-corrected chi connectivity index (χ2v) is 3.37. The largest absolute Gasteiger partial charge is 0.468 e. The normalized spacial score (nSPS) is 10.5. The predicted octanol–water partition coefficient (Wildman–Crippen LogP) is 0.626. The van der Waals surface area contributed by atoms with Gasteiger partial charge in [0, 0.05) is 25.4 Å². The van der Waals surface area contributed by atoms with Gasteiger partial charge in [-0.15, -0.1) is 0 Å². The highest BCUT2D eigenvalue weighted by Gasteiger charge is 1.96. The molecule has 0 atom stereocenters. The highest BCUT2D eigenvalue weighted by atomic mass is 16.3. The summed E-state index contributed by atoms with van der Waals surface area (Å²) in [7, 11) is 0. The maximum atomic E-state index is 11.3. The van der Waals surface area contributed by atoms with Crippen LogP contribution in [0.4, 0.5) is 0 Å². The summed E-state index contributed by atoms with van der Waals surface area (Å²) in [5, 5.41) is 3.18. The Morgan fingerprint density at radius 2 is 2.38 bits per heavy atom. The Morgan fingerprint density at radius 1 is 1.44 bits per heavy atom. The Balaban J connectivity index is 1.76. The van der Waals surface area contributed by atoms with E-state index in [1.54, 1.807) is 10.8 Å². The Morgan fingerprint density at radius 3 is 3.12 bits per heavy atom. The van der Waals surface area contributed by atoms with Crippen LogP contribution in [0.1, 0.15) is 5.76 Å². The summed E-state index contributed by atoms with van der Waals surface area (Å²) in [6.07, 6.45) is 4.68. The van der Waals surface area contributed by atoms with Gasteiger partial charge in [0.1, 0.15) is 5.76 Å². The molecule has 16 heavy (non-hydrogen) atoms. The van der Waals surface area contributed by atoms with Crippen LogP contribution in [0.25, 0.3) is 0 Å². The number of aromatic nitrogens is 2. The van der Waals surface area contributed by atoms with Gasteiger partial charge in [-0.3, -0.25) is 9.36 Å². The molecular weight excluding hydrogens is 206 g/mol. The molecule has 5 nitrogen and oxygen atoms in total. The zero-order valence-corrected chi connectivity index (χ0v) is 8.80. The lowest BCUT2D eigenvalue weighted by atomic mass is 10.4. The molecule has 0 saturated heterocycles. The lowest BCUT2D eigenvalue weighted by Crippen LogP contribution is -2.26. The molecule has 0 bridgehead atoms. The summed E-state index contributed by atoms with van der Waals surface area (Å²) in [6.45, 7) is 1.97. The average molecular weight is 219 g/mol. The van der Waals surface area contributed by atoms with Crippen molar-refractivity contribution in [3.63, 3.8) is 0 Å². The van der Waals surface area contributed by atoms with Gasteiger partial charge in [-0.1, -0.05) is 0 Å². The van der Waals surface area contributed by atoms with E-state index >= 15 is 0 Å². The van der Waals surface area contributed by atoms with Crippen LogP contribution in [0.3, 0.4) is 0 Å². The van der Waals surface area contributed by atoms with Crippen LogP contribution in [-0.2, 0) is 13.1 Å². The molecule has 5 heteroatoms. The summed E-state index contributed by atoms with van der Waals surface area (Å²) in [5.74, 6) is 0.888. The Kier molecular flexibility index (Phi) is 3.50. The lowest BCUT2D eigenvalue weighted by Gasteiger charge is -2.04. The SMILES string of the molecule is O=c1ccncn1CCNCc1ccco1. The molecule has 0 unspecified atom stereocenters. The summed E-state index contributed by atoms with van der Waals surface area (Å²) in [5.41, 5.74) is -0.0326. The minimum absolute atomic E-state index is 0.0326. The molecule has 2 aromatic rings. The van der Waals surface area contributed by atoms with Crippen molar-refractivity contribution in [2.45, 2.75) is 13.1 Å². The van der Waals surface area contributed by atoms with E-state index < -0.39 is 0 Å². The summed E-state index contributed by atoms with van der Waals surface area (Å²) in [6, 6.07) is 5.21. The van der Waals surface area contributed by atoms with Gasteiger partial charge >= 0.3 is 0 Å². The van der Waals surface area contributed by atoms with Gasteiger partial charge in [-0.05, 0) is 12.1 Å². The molecule has 2 heterocycles. The molecule has 84 valence electrons. The maximum absolute atomic E-state index is 11.3. The highest BCUT2D eigenvalue weighted by Crippen LogP contribution is 1.97. The van der Waals surface area contributed by atoms with Crippen molar-refractivity contribution in [1.29, 1.82) is 0 Å². The van der Waals surface area contributed by atoms with Gasteiger partial charge in [0.2, 0.25) is 0 Å². The van der Waals surface area contributed by atoms with E-state index in [9.17, 15) is 4.79 Å². The molecule has 2 rings (SSSR count). The van der Waals surface area contributed by atoms with Crippen molar-refractivity contribution in [3.05, 3.63) is 53.1 Å². The van der Waals surface area contributed by atoms with E-state index in [-0.39, 0.29) is 5.56 Å². The second-order valence-electron chi connectivity index (χ2n) is 3.37. The minimum Gasteiger partial charge on any atom is -0.468 e. The molecule has 0 amide bonds. The molecule has 0 saturated carbocycles. The molecule has 0 aromatic carbocycles. The number of rotatable bonds is 5. The van der Waals surface area contributed by atoms with Crippen molar-refractivity contribution in [2.24, 2.45) is 0 Å². The van der Waals surface area contributed by atoms with Crippen molar-refractivity contribution in [3.8, 4) is 0 Å². The number of hydrogen-bond acceptors (Lipinski definition) is 4. The molecule has 2 aromatic heterocycles. The fourth-order valence-corrected chi connectivity index (χ4v) is 1.37. The van der Waals surface area contributed by atoms with Crippen molar-refractivity contribution in [2.75, 3.05) is 6.54 Å². The first-order valence-corrected chi connectivity index (χ1v) is 5.10. The first-order valence-electron chi connectivity index (χ1n) is 5.10. The summed E-state index contributed by atoms with van der Waals surface area (Å²) >= 11 is 0. The van der Waals surface area contributed by atoms with Gasteiger partial charge in [0.15, 0.2) is 0 Å². The molecule has 0 aliphatic heterocycles. The molecule has 0 radical (unpaired) electrons. The van der Waals surface area contributed by atoms with Gasteiger partial charge in [0.05, 0.1) is 19.1 Å². The topological polar surface area (TPSA) is 60.1 Å². The van der Waals surface area contributed by atoms with Crippen LogP contribution in [0.15, 0.2) is 46.2 Å². The molecule has 0 spiro atoms. The highest BCUT2D eigenvalue weighted by molar-refractivity contribution is 4.97. The lowest BCUT2D eigenvalue weighted by molar-refractivity contribution is 0.474. The monoisotopic (exact) mass is 219 g/mol. The third-order valence-electron chi connectivity index (χ3n) is 2.20. The molecule has 0 aliphatic rings. The third kappa shape index (κ3) is 2.80. The zero-order chi connectivity index (χ0) is 11.2. The molecule has 0 aliphatic carbocycles. The predicted molar refractivity (Wildman–Crippen MR) is 58.9 cm³/mol. The van der Waals surface area contributed by atoms with E-state index in [2.05, 4.69) is 10.3 Å². The van der Waals surface area contributed by atoms with Crippen LogP contribution >= 0.6 is 0 Å². The first-order chi connectivity index (χ1) is 7.86. The number of furan rings is 1. The summed E-state index contributed by atoms with van der Waals surface area (Å²) in [4.78, 5) is 15.2. The first kappa shape index (κ1) is 10.6. The van der Waals surface area contributed by atoms with Crippen molar-refractivity contribution >= 4 is 0 Å². The fraction of sp³-hybridized carbons (Fsp3) is 0.273. The van der Waals surface area contributed by atoms with E-state index in [1.165, 1.54) is 18.6 Å². The summed E-state index contributed by atoms with van der Waals surface area (Å²) < 4.78 is 6.73. The zero-order valence-electron chi connectivity index (χ0n) is 8.80. The van der Waals surface area contributed by atoms with Gasteiger partial charge < -0.3 is 9.73 Å². The maximum Gasteiger partial charge on any atom is 0.253 e. The standard InChI is InChI=1S/C11H13N3O2/c15-11-3-4-13-9-14(11)6-5-12-8-10-2-1-7-16-10/h1-4,7,9,12H,5-6,8H2. The van der Waals surface area contributed by atoms with Gasteiger partial charge in [-0.2, -0.15) is 0 Å². The van der Waals surface area contributed by atoms with E-state index in [0.29, 0.717) is 19.6 Å². The van der Waals surface area contributed by atoms with Crippen molar-refractivity contribution < 1.29 is 4.42 Å². The Labute approximate surface area is 92.7 Å². The average Bonchev–Trinajstić information content (AvgIpc) is 2.79. The van der Waals surface area contributed by atoms with E-state index in [1.807, 2.05) is 12.1 Å². The second kappa shape index (κ2) is 5.27. The Hall–Kier alpha value is -1.88. The van der Waals surface area contributed by atoms with Gasteiger partial charge in [-0.25, -0.2) is 4.98 Å². The van der Waals surface area contributed by atoms with Crippen LogP contribution in [0.5, 0.6) is 0 Å². The van der Waals surface area contributed by atoms with Gasteiger partial charge in [0.25, 0.3) is 5.56 Å². The smallest absolute Gasteiger partial charge is 0.253 e. The van der Waals surface area contributed by atoms with Crippen LogP contribution in [0.2, 0.25) is 0 Å². The van der Waals surface area contributed by atoms with Crippen LogP contribution < -0.4 is 10.9 Å². The Bertz CT molecular complexity index is 476. The van der Waals surface area contributed by atoms with E-state index in [4.69, 9.17) is 4.42 Å². The third-order valence-corrected chi connectivity index (χ3v) is 2.20.